The van der Waals surface area contributed by atoms with Gasteiger partial charge in [-0.25, -0.2) is 8.42 Å². The molecule has 0 aromatic heterocycles. The lowest BCUT2D eigenvalue weighted by molar-refractivity contribution is -0.385. The number of nitrogens with two attached hydrogens (primary N) is 1. The van der Waals surface area contributed by atoms with Crippen LogP contribution in [-0.2, 0) is 9.84 Å². The number of nitro groups is 1. The normalized spacial score (nSPS) is 11.5. The summed E-state index contributed by atoms with van der Waals surface area (Å²) < 4.78 is 34.1. The molecule has 0 amide bonds. The molecule has 11 heteroatoms. The van der Waals surface area contributed by atoms with Crippen LogP contribution in [0.15, 0.2) is 45.5 Å². The van der Waals surface area contributed by atoms with Crippen LogP contribution >= 0.6 is 0 Å². The van der Waals surface area contributed by atoms with Crippen LogP contribution in [-0.4, -0.2) is 33.8 Å². The van der Waals surface area contributed by atoms with Crippen LogP contribution in [0, 0.1) is 10.1 Å². The number of methoxy groups -OCH3 is 2. The first-order valence-electron chi connectivity index (χ1n) is 7.09. The molecule has 0 bridgehead atoms. The number of hydrogen-bond donors (Lipinski definition) is 1. The molecule has 0 heterocycles. The highest BCUT2D eigenvalue weighted by molar-refractivity contribution is 7.90. The first kappa shape index (κ1) is 19.1. The van der Waals surface area contributed by atoms with Crippen LogP contribution in [0.3, 0.4) is 0 Å². The molecule has 0 spiro atoms. The van der Waals surface area contributed by atoms with Gasteiger partial charge in [-0.3, -0.25) is 10.1 Å². The summed E-state index contributed by atoms with van der Waals surface area (Å²) in [7, 11) is -0.872. The molecule has 138 valence electrons. The van der Waals surface area contributed by atoms with Crippen molar-refractivity contribution in [2.75, 3.05) is 26.2 Å². The predicted molar refractivity (Wildman–Crippen MR) is 94.3 cm³/mol. The van der Waals surface area contributed by atoms with Gasteiger partial charge in [-0.15, -0.1) is 10.2 Å². The van der Waals surface area contributed by atoms with Crippen molar-refractivity contribution in [2.45, 2.75) is 4.90 Å². The minimum Gasteiger partial charge on any atom is -0.493 e. The summed E-state index contributed by atoms with van der Waals surface area (Å²) in [6, 6.07) is 6.24. The maximum Gasteiger partial charge on any atom is 0.270 e. The number of nitrogen functional groups attached to an aromatic ring is 1. The lowest BCUT2D eigenvalue weighted by Crippen LogP contribution is -1.99. The van der Waals surface area contributed by atoms with E-state index in [1.807, 2.05) is 0 Å². The number of hydrogen-bond acceptors (Lipinski definition) is 9. The molecule has 0 saturated heterocycles. The van der Waals surface area contributed by atoms with E-state index in [0.29, 0.717) is 11.5 Å². The lowest BCUT2D eigenvalue weighted by atomic mass is 10.2. The van der Waals surface area contributed by atoms with Crippen molar-refractivity contribution in [1.82, 2.24) is 0 Å². The van der Waals surface area contributed by atoms with Crippen molar-refractivity contribution in [3.63, 3.8) is 0 Å². The number of non-ortho nitro benzene ring substituents is 1. The maximum absolute atomic E-state index is 11.9. The Morgan fingerprint density at radius 2 is 1.62 bits per heavy atom. The highest BCUT2D eigenvalue weighted by atomic mass is 32.2. The average Bonchev–Trinajstić information content (AvgIpc) is 2.59. The highest BCUT2D eigenvalue weighted by Gasteiger charge is 2.18. The van der Waals surface area contributed by atoms with Crippen molar-refractivity contribution in [3.05, 3.63) is 40.4 Å². The fraction of sp³-hybridized carbons (Fsp3) is 0.200. The maximum atomic E-state index is 11.9. The van der Waals surface area contributed by atoms with Crippen molar-refractivity contribution in [2.24, 2.45) is 10.2 Å². The smallest absolute Gasteiger partial charge is 0.270 e. The number of sulfone groups is 1. The standard InChI is InChI=1S/C15H16N4O6S/c1-24-13-7-10(16)12(8-14(13)25-2)18-17-11-5-4-9(19(20)21)6-15(11)26(3,22)23/h4-8H,16H2,1-3H3. The molecular formula is C15H16N4O6S. The van der Waals surface area contributed by atoms with E-state index in [2.05, 4.69) is 10.2 Å². The first-order chi connectivity index (χ1) is 12.2. The molecule has 0 unspecified atom stereocenters. The van der Waals surface area contributed by atoms with Crippen LogP contribution in [0.2, 0.25) is 0 Å². The SMILES string of the molecule is COc1cc(N)c(N=Nc2ccc([N+](=O)[O-])cc2S(C)(=O)=O)cc1OC. The highest BCUT2D eigenvalue weighted by Crippen LogP contribution is 2.38. The van der Waals surface area contributed by atoms with E-state index in [4.69, 9.17) is 15.2 Å². The van der Waals surface area contributed by atoms with Crippen LogP contribution in [0.4, 0.5) is 22.7 Å². The first-order valence-corrected chi connectivity index (χ1v) is 8.98. The second-order valence-electron chi connectivity index (χ2n) is 5.15. The molecule has 2 aromatic carbocycles. The summed E-state index contributed by atoms with van der Waals surface area (Å²) in [6.45, 7) is 0. The third-order valence-electron chi connectivity index (χ3n) is 3.35. The molecule has 10 nitrogen and oxygen atoms in total. The molecule has 26 heavy (non-hydrogen) atoms. The summed E-state index contributed by atoms with van der Waals surface area (Å²) in [5.74, 6) is 0.763. The Kier molecular flexibility index (Phi) is 5.41. The molecule has 0 aliphatic carbocycles. The second-order valence-corrected chi connectivity index (χ2v) is 7.13. The number of rotatable bonds is 6. The summed E-state index contributed by atoms with van der Waals surface area (Å²) in [5, 5.41) is 18.7. The molecule has 0 saturated carbocycles. The predicted octanol–water partition coefficient (Wildman–Crippen LogP) is 3.01. The topological polar surface area (TPSA) is 146 Å². The molecule has 0 fully saturated rings. The van der Waals surface area contributed by atoms with Crippen LogP contribution < -0.4 is 15.2 Å². The van der Waals surface area contributed by atoms with E-state index in [1.54, 1.807) is 0 Å². The van der Waals surface area contributed by atoms with E-state index in [9.17, 15) is 18.5 Å². The van der Waals surface area contributed by atoms with Gasteiger partial charge in [0.1, 0.15) is 16.3 Å². The van der Waals surface area contributed by atoms with E-state index >= 15 is 0 Å². The van der Waals surface area contributed by atoms with E-state index in [1.165, 1.54) is 32.4 Å². The Hall–Kier alpha value is -3.21. The van der Waals surface area contributed by atoms with Gasteiger partial charge in [0, 0.05) is 30.5 Å². The quantitative estimate of drug-likeness (QED) is 0.350. The number of azo groups is 1. The molecule has 0 aliphatic rings. The number of ether oxygens (including phenoxy) is 2. The Labute approximate surface area is 149 Å². The Balaban J connectivity index is 2.53. The minimum absolute atomic E-state index is 0.0488. The Morgan fingerprint density at radius 3 is 2.15 bits per heavy atom. The summed E-state index contributed by atoms with van der Waals surface area (Å²) in [5.41, 5.74) is 5.91. The monoisotopic (exact) mass is 380 g/mol. The van der Waals surface area contributed by atoms with Crippen LogP contribution in [0.1, 0.15) is 0 Å². The molecular weight excluding hydrogens is 364 g/mol. The third kappa shape index (κ3) is 4.06. The number of benzene rings is 2. The number of nitro benzene ring substituents is 1. The van der Waals surface area contributed by atoms with Crippen molar-refractivity contribution < 1.29 is 22.8 Å². The van der Waals surface area contributed by atoms with Gasteiger partial charge < -0.3 is 15.2 Å². The zero-order valence-electron chi connectivity index (χ0n) is 14.2. The largest absolute Gasteiger partial charge is 0.493 e. The fourth-order valence-corrected chi connectivity index (χ4v) is 2.90. The van der Waals surface area contributed by atoms with Gasteiger partial charge in [0.05, 0.1) is 24.8 Å². The van der Waals surface area contributed by atoms with Crippen molar-refractivity contribution >= 4 is 32.6 Å². The fourth-order valence-electron chi connectivity index (χ4n) is 2.07. The number of anilines is 1. The Bertz CT molecular complexity index is 988. The molecule has 2 rings (SSSR count). The van der Waals surface area contributed by atoms with Crippen molar-refractivity contribution in [1.29, 1.82) is 0 Å². The van der Waals surface area contributed by atoms with Gasteiger partial charge in [-0.1, -0.05) is 0 Å². The van der Waals surface area contributed by atoms with Crippen molar-refractivity contribution in [3.8, 4) is 11.5 Å². The van der Waals surface area contributed by atoms with E-state index in [0.717, 1.165) is 18.4 Å². The van der Waals surface area contributed by atoms with Gasteiger partial charge in [0.15, 0.2) is 21.3 Å². The van der Waals surface area contributed by atoms with E-state index in [-0.39, 0.29) is 27.6 Å². The average molecular weight is 380 g/mol. The zero-order chi connectivity index (χ0) is 19.5. The second kappa shape index (κ2) is 7.35. The van der Waals surface area contributed by atoms with Gasteiger partial charge in [0.25, 0.3) is 5.69 Å². The minimum atomic E-state index is -3.76. The zero-order valence-corrected chi connectivity index (χ0v) is 15.0. The Morgan fingerprint density at radius 1 is 1.04 bits per heavy atom. The molecule has 0 radical (unpaired) electrons. The molecule has 2 N–H and O–H groups in total. The van der Waals surface area contributed by atoms with Crippen LogP contribution in [0.5, 0.6) is 11.5 Å². The van der Waals surface area contributed by atoms with Gasteiger partial charge in [0.2, 0.25) is 0 Å². The molecule has 2 aromatic rings. The molecule has 0 atom stereocenters. The lowest BCUT2D eigenvalue weighted by Gasteiger charge is -2.09. The summed E-state index contributed by atoms with van der Waals surface area (Å²) in [6.07, 6.45) is 0.926. The summed E-state index contributed by atoms with van der Waals surface area (Å²) >= 11 is 0. The number of nitrogens with zero attached hydrogens (tertiary/aromatic N) is 3. The third-order valence-corrected chi connectivity index (χ3v) is 4.48. The summed E-state index contributed by atoms with van der Waals surface area (Å²) in [4.78, 5) is 9.86. The van der Waals surface area contributed by atoms with Gasteiger partial charge in [-0.05, 0) is 6.07 Å². The van der Waals surface area contributed by atoms with Crippen LogP contribution in [0.25, 0.3) is 0 Å². The van der Waals surface area contributed by atoms with E-state index < -0.39 is 14.8 Å². The molecule has 0 aliphatic heterocycles. The van der Waals surface area contributed by atoms with Gasteiger partial charge >= 0.3 is 0 Å². The van der Waals surface area contributed by atoms with Gasteiger partial charge in [-0.2, -0.15) is 0 Å².